The van der Waals surface area contributed by atoms with E-state index in [1.54, 1.807) is 0 Å². The van der Waals surface area contributed by atoms with Crippen LogP contribution in [0.5, 0.6) is 0 Å². The van der Waals surface area contributed by atoms with Gasteiger partial charge in [-0.05, 0) is 31.7 Å². The molecule has 2 rings (SSSR count). The minimum Gasteiger partial charge on any atom is -0.481 e. The zero-order chi connectivity index (χ0) is 15.2. The number of aliphatic carboxylic acids is 1. The van der Waals surface area contributed by atoms with Gasteiger partial charge >= 0.3 is 5.97 Å². The predicted molar refractivity (Wildman–Crippen MR) is 81.0 cm³/mol. The third-order valence-electron chi connectivity index (χ3n) is 4.02. The fourth-order valence-electron chi connectivity index (χ4n) is 2.86. The van der Waals surface area contributed by atoms with Gasteiger partial charge in [0.05, 0.1) is 0 Å². The standard InChI is InChI=1S/C16H25N3O2/c1-12(2)16-17-8-14(9-18-16)11-19-7-3-4-13(10-19)5-6-15(20)21/h8-9,12-13H,3-7,10-11H2,1-2H3,(H,20,21)/t13-/m1/s1. The first-order chi connectivity index (χ1) is 10.0. The maximum Gasteiger partial charge on any atom is 0.303 e. The van der Waals surface area contributed by atoms with Crippen molar-refractivity contribution >= 4 is 5.97 Å². The van der Waals surface area contributed by atoms with Gasteiger partial charge in [0.2, 0.25) is 0 Å². The predicted octanol–water partition coefficient (Wildman–Crippen LogP) is 2.68. The summed E-state index contributed by atoms with van der Waals surface area (Å²) in [6.07, 6.45) is 7.20. The molecular formula is C16H25N3O2. The number of hydrogen-bond donors (Lipinski definition) is 1. The molecule has 1 saturated heterocycles. The molecule has 1 aromatic rings. The Morgan fingerprint density at radius 2 is 2.14 bits per heavy atom. The molecule has 5 nitrogen and oxygen atoms in total. The molecule has 21 heavy (non-hydrogen) atoms. The quantitative estimate of drug-likeness (QED) is 0.873. The van der Waals surface area contributed by atoms with E-state index in [1.807, 2.05) is 12.4 Å². The fourth-order valence-corrected chi connectivity index (χ4v) is 2.86. The Bertz CT molecular complexity index is 459. The molecule has 2 heterocycles. The average molecular weight is 291 g/mol. The molecule has 0 spiro atoms. The number of carbonyl (C=O) groups is 1. The highest BCUT2D eigenvalue weighted by atomic mass is 16.4. The number of carboxylic acids is 1. The maximum atomic E-state index is 10.7. The third-order valence-corrected chi connectivity index (χ3v) is 4.02. The normalized spacial score (nSPS) is 19.9. The van der Waals surface area contributed by atoms with E-state index in [4.69, 9.17) is 5.11 Å². The molecule has 1 N–H and O–H groups in total. The van der Waals surface area contributed by atoms with Crippen molar-refractivity contribution in [2.45, 2.75) is 52.0 Å². The van der Waals surface area contributed by atoms with Gasteiger partial charge in [0.25, 0.3) is 0 Å². The molecule has 0 bridgehead atoms. The van der Waals surface area contributed by atoms with Crippen molar-refractivity contribution in [1.29, 1.82) is 0 Å². The van der Waals surface area contributed by atoms with Crippen molar-refractivity contribution in [1.82, 2.24) is 14.9 Å². The summed E-state index contributed by atoms with van der Waals surface area (Å²) in [7, 11) is 0. The number of aromatic nitrogens is 2. The van der Waals surface area contributed by atoms with Gasteiger partial charge in [-0.2, -0.15) is 0 Å². The lowest BCUT2D eigenvalue weighted by atomic mass is 9.93. The van der Waals surface area contributed by atoms with E-state index in [-0.39, 0.29) is 6.42 Å². The van der Waals surface area contributed by atoms with Crippen molar-refractivity contribution in [3.05, 3.63) is 23.8 Å². The van der Waals surface area contributed by atoms with Gasteiger partial charge in [0, 0.05) is 43.4 Å². The highest BCUT2D eigenvalue weighted by Crippen LogP contribution is 2.22. The summed E-state index contributed by atoms with van der Waals surface area (Å²) < 4.78 is 0. The Morgan fingerprint density at radius 3 is 2.76 bits per heavy atom. The number of piperidine rings is 1. The van der Waals surface area contributed by atoms with Crippen LogP contribution in [0.15, 0.2) is 12.4 Å². The van der Waals surface area contributed by atoms with Gasteiger partial charge in [-0.25, -0.2) is 9.97 Å². The summed E-state index contributed by atoms with van der Waals surface area (Å²) in [6.45, 7) is 7.11. The summed E-state index contributed by atoms with van der Waals surface area (Å²) in [4.78, 5) is 21.9. The van der Waals surface area contributed by atoms with E-state index in [9.17, 15) is 4.79 Å². The number of nitrogens with zero attached hydrogens (tertiary/aromatic N) is 3. The number of hydrogen-bond acceptors (Lipinski definition) is 4. The molecule has 0 aromatic carbocycles. The lowest BCUT2D eigenvalue weighted by molar-refractivity contribution is -0.137. The lowest BCUT2D eigenvalue weighted by Gasteiger charge is -2.32. The molecule has 0 radical (unpaired) electrons. The zero-order valence-corrected chi connectivity index (χ0v) is 13.0. The first-order valence-corrected chi connectivity index (χ1v) is 7.79. The first-order valence-electron chi connectivity index (χ1n) is 7.79. The van der Waals surface area contributed by atoms with Crippen molar-refractivity contribution in [3.63, 3.8) is 0 Å². The molecule has 116 valence electrons. The summed E-state index contributed by atoms with van der Waals surface area (Å²) >= 11 is 0. The van der Waals surface area contributed by atoms with Crippen LogP contribution in [0, 0.1) is 5.92 Å². The Kier molecular flexibility index (Phi) is 5.67. The van der Waals surface area contributed by atoms with Crippen LogP contribution >= 0.6 is 0 Å². The van der Waals surface area contributed by atoms with Crippen LogP contribution in [-0.4, -0.2) is 39.0 Å². The number of carboxylic acid groups (broad SMARTS) is 1. The van der Waals surface area contributed by atoms with Gasteiger partial charge in [-0.1, -0.05) is 13.8 Å². The van der Waals surface area contributed by atoms with Crippen molar-refractivity contribution in [2.75, 3.05) is 13.1 Å². The Morgan fingerprint density at radius 1 is 1.43 bits per heavy atom. The Labute approximate surface area is 126 Å². The maximum absolute atomic E-state index is 10.7. The van der Waals surface area contributed by atoms with Gasteiger partial charge in [-0.3, -0.25) is 9.69 Å². The van der Waals surface area contributed by atoms with E-state index >= 15 is 0 Å². The second-order valence-electron chi connectivity index (χ2n) is 6.28. The highest BCUT2D eigenvalue weighted by molar-refractivity contribution is 5.66. The van der Waals surface area contributed by atoms with E-state index in [0.717, 1.165) is 50.3 Å². The third kappa shape index (κ3) is 5.08. The minimum absolute atomic E-state index is 0.282. The first kappa shape index (κ1) is 15.9. The van der Waals surface area contributed by atoms with Gasteiger partial charge in [-0.15, -0.1) is 0 Å². The Balaban J connectivity index is 1.85. The molecule has 1 fully saturated rings. The fraction of sp³-hybridized carbons (Fsp3) is 0.688. The Hall–Kier alpha value is -1.49. The zero-order valence-electron chi connectivity index (χ0n) is 13.0. The van der Waals surface area contributed by atoms with Crippen LogP contribution in [0.2, 0.25) is 0 Å². The molecular weight excluding hydrogens is 266 g/mol. The van der Waals surface area contributed by atoms with E-state index < -0.39 is 5.97 Å². The molecule has 0 amide bonds. The van der Waals surface area contributed by atoms with E-state index in [2.05, 4.69) is 28.7 Å². The van der Waals surface area contributed by atoms with Crippen LogP contribution in [0.25, 0.3) is 0 Å². The van der Waals surface area contributed by atoms with Crippen LogP contribution in [0.4, 0.5) is 0 Å². The van der Waals surface area contributed by atoms with E-state index in [0.29, 0.717) is 11.8 Å². The molecule has 0 aliphatic carbocycles. The second kappa shape index (κ2) is 7.50. The molecule has 5 heteroatoms. The van der Waals surface area contributed by atoms with Crippen molar-refractivity contribution < 1.29 is 9.90 Å². The van der Waals surface area contributed by atoms with Crippen LogP contribution < -0.4 is 0 Å². The highest BCUT2D eigenvalue weighted by Gasteiger charge is 2.20. The molecule has 1 aliphatic rings. The van der Waals surface area contributed by atoms with Crippen LogP contribution in [-0.2, 0) is 11.3 Å². The minimum atomic E-state index is -0.690. The van der Waals surface area contributed by atoms with Crippen LogP contribution in [0.3, 0.4) is 0 Å². The molecule has 0 unspecified atom stereocenters. The summed E-state index contributed by atoms with van der Waals surface area (Å²) in [5.41, 5.74) is 1.14. The van der Waals surface area contributed by atoms with Crippen LogP contribution in [0.1, 0.15) is 56.8 Å². The molecule has 1 atom stereocenters. The lowest BCUT2D eigenvalue weighted by Crippen LogP contribution is -2.35. The molecule has 1 aromatic heterocycles. The van der Waals surface area contributed by atoms with Gasteiger partial charge in [0.1, 0.15) is 5.82 Å². The molecule has 0 saturated carbocycles. The summed E-state index contributed by atoms with van der Waals surface area (Å²) in [6, 6.07) is 0. The second-order valence-corrected chi connectivity index (χ2v) is 6.28. The smallest absolute Gasteiger partial charge is 0.303 e. The summed E-state index contributed by atoms with van der Waals surface area (Å²) in [5, 5.41) is 8.79. The molecule has 1 aliphatic heterocycles. The number of likely N-dealkylation sites (tertiary alicyclic amines) is 1. The van der Waals surface area contributed by atoms with Crippen molar-refractivity contribution in [3.8, 4) is 0 Å². The largest absolute Gasteiger partial charge is 0.481 e. The topological polar surface area (TPSA) is 66.3 Å². The van der Waals surface area contributed by atoms with Crippen molar-refractivity contribution in [2.24, 2.45) is 5.92 Å². The number of rotatable bonds is 6. The summed E-state index contributed by atoms with van der Waals surface area (Å²) in [5.74, 6) is 1.06. The van der Waals surface area contributed by atoms with E-state index in [1.165, 1.54) is 0 Å². The SMILES string of the molecule is CC(C)c1ncc(CN2CCC[C@H](CCC(=O)O)C2)cn1. The van der Waals surface area contributed by atoms with Gasteiger partial charge in [0.15, 0.2) is 0 Å². The van der Waals surface area contributed by atoms with Gasteiger partial charge < -0.3 is 5.11 Å². The monoisotopic (exact) mass is 291 g/mol. The average Bonchev–Trinajstić information content (AvgIpc) is 2.46.